The first-order chi connectivity index (χ1) is 7.98. The van der Waals surface area contributed by atoms with Crippen LogP contribution in [0.4, 0.5) is 4.79 Å². The van der Waals surface area contributed by atoms with Crippen molar-refractivity contribution in [3.8, 4) is 0 Å². The van der Waals surface area contributed by atoms with Gasteiger partial charge in [0.1, 0.15) is 0 Å². The molecule has 4 heteroatoms. The lowest BCUT2D eigenvalue weighted by Crippen LogP contribution is -2.53. The molecule has 0 aliphatic carbocycles. The van der Waals surface area contributed by atoms with Crippen molar-refractivity contribution in [2.75, 3.05) is 46.3 Å². The van der Waals surface area contributed by atoms with Gasteiger partial charge >= 0.3 is 6.03 Å². The summed E-state index contributed by atoms with van der Waals surface area (Å²) < 4.78 is 0. The summed E-state index contributed by atoms with van der Waals surface area (Å²) in [7, 11) is 2.12. The van der Waals surface area contributed by atoms with Crippen molar-refractivity contribution >= 4 is 6.03 Å². The molecule has 2 heterocycles. The van der Waals surface area contributed by atoms with E-state index in [0.29, 0.717) is 5.41 Å². The van der Waals surface area contributed by atoms with Crippen LogP contribution in [-0.2, 0) is 0 Å². The monoisotopic (exact) mass is 239 g/mol. The first kappa shape index (κ1) is 12.7. The number of nitrogens with zero attached hydrogens (tertiary/aromatic N) is 3. The maximum atomic E-state index is 12.3. The van der Waals surface area contributed by atoms with Crippen LogP contribution in [0.5, 0.6) is 0 Å². The minimum absolute atomic E-state index is 0.258. The average Bonchev–Trinajstić information content (AvgIpc) is 2.29. The van der Waals surface area contributed by atoms with Crippen molar-refractivity contribution in [1.82, 2.24) is 14.7 Å². The van der Waals surface area contributed by atoms with Gasteiger partial charge in [-0.05, 0) is 25.3 Å². The fourth-order valence-corrected chi connectivity index (χ4v) is 2.50. The third-order valence-electron chi connectivity index (χ3n) is 4.16. The van der Waals surface area contributed by atoms with Crippen molar-refractivity contribution in [2.45, 2.75) is 26.7 Å². The Morgan fingerprint density at radius 2 is 1.35 bits per heavy atom. The lowest BCUT2D eigenvalue weighted by molar-refractivity contribution is 0.0949. The van der Waals surface area contributed by atoms with E-state index in [-0.39, 0.29) is 6.03 Å². The van der Waals surface area contributed by atoms with Crippen LogP contribution in [0.3, 0.4) is 0 Å². The molecule has 4 nitrogen and oxygen atoms in total. The molecule has 0 N–H and O–H groups in total. The molecule has 0 saturated carbocycles. The maximum Gasteiger partial charge on any atom is 0.320 e. The molecule has 98 valence electrons. The highest BCUT2D eigenvalue weighted by atomic mass is 16.2. The Morgan fingerprint density at radius 3 is 1.88 bits per heavy atom. The molecule has 17 heavy (non-hydrogen) atoms. The van der Waals surface area contributed by atoms with E-state index in [4.69, 9.17) is 0 Å². The number of urea groups is 1. The molecule has 0 aromatic carbocycles. The Labute approximate surface area is 105 Å². The van der Waals surface area contributed by atoms with E-state index in [2.05, 4.69) is 25.8 Å². The van der Waals surface area contributed by atoms with Crippen molar-refractivity contribution in [1.29, 1.82) is 0 Å². The van der Waals surface area contributed by atoms with Crippen molar-refractivity contribution in [2.24, 2.45) is 5.41 Å². The van der Waals surface area contributed by atoms with Gasteiger partial charge in [0.2, 0.25) is 0 Å². The third-order valence-corrected chi connectivity index (χ3v) is 4.16. The fourth-order valence-electron chi connectivity index (χ4n) is 2.50. The Morgan fingerprint density at radius 1 is 0.882 bits per heavy atom. The number of hydrogen-bond donors (Lipinski definition) is 0. The molecular formula is C13H25N3O. The summed E-state index contributed by atoms with van der Waals surface area (Å²) in [6, 6.07) is 0.258. The van der Waals surface area contributed by atoms with Crippen LogP contribution in [0.25, 0.3) is 0 Å². The quantitative estimate of drug-likeness (QED) is 0.640. The molecule has 0 atom stereocenters. The van der Waals surface area contributed by atoms with Gasteiger partial charge in [-0.2, -0.15) is 0 Å². The second-order valence-electron chi connectivity index (χ2n) is 6.22. The second kappa shape index (κ2) is 4.84. The van der Waals surface area contributed by atoms with E-state index in [0.717, 1.165) is 52.1 Å². The van der Waals surface area contributed by atoms with Gasteiger partial charge in [0.15, 0.2) is 0 Å². The molecular weight excluding hydrogens is 214 g/mol. The van der Waals surface area contributed by atoms with Gasteiger partial charge in [-0.15, -0.1) is 0 Å². The van der Waals surface area contributed by atoms with Crippen LogP contribution in [0.15, 0.2) is 0 Å². The van der Waals surface area contributed by atoms with Crippen LogP contribution in [0, 0.1) is 5.41 Å². The maximum absolute atomic E-state index is 12.3. The number of likely N-dealkylation sites (tertiary alicyclic amines) is 1. The molecule has 2 aliphatic rings. The Bertz CT molecular complexity index is 272. The third kappa shape index (κ3) is 3.12. The Kier molecular flexibility index (Phi) is 3.61. The molecule has 0 unspecified atom stereocenters. The largest absolute Gasteiger partial charge is 0.325 e. The van der Waals surface area contributed by atoms with Crippen molar-refractivity contribution in [3.63, 3.8) is 0 Å². The summed E-state index contributed by atoms with van der Waals surface area (Å²) >= 11 is 0. The summed E-state index contributed by atoms with van der Waals surface area (Å²) in [6.45, 7) is 10.2. The Hall–Kier alpha value is -0.770. The molecule has 2 fully saturated rings. The van der Waals surface area contributed by atoms with Gasteiger partial charge in [0.25, 0.3) is 0 Å². The number of rotatable bonds is 0. The SMILES string of the molecule is CN1CCN(C(=O)N2CCC(C)(C)CC2)CC1. The summed E-state index contributed by atoms with van der Waals surface area (Å²) in [5.41, 5.74) is 0.416. The summed E-state index contributed by atoms with van der Waals surface area (Å²) in [6.07, 6.45) is 2.26. The number of amides is 2. The number of likely N-dealkylation sites (N-methyl/N-ethyl adjacent to an activating group) is 1. The van der Waals surface area contributed by atoms with Gasteiger partial charge in [0.05, 0.1) is 0 Å². The molecule has 2 amide bonds. The van der Waals surface area contributed by atoms with Gasteiger partial charge in [-0.25, -0.2) is 4.79 Å². The minimum Gasteiger partial charge on any atom is -0.325 e. The van der Waals surface area contributed by atoms with E-state index < -0.39 is 0 Å². The zero-order valence-corrected chi connectivity index (χ0v) is 11.4. The number of hydrogen-bond acceptors (Lipinski definition) is 2. The van der Waals surface area contributed by atoms with E-state index in [1.54, 1.807) is 0 Å². The topological polar surface area (TPSA) is 26.8 Å². The first-order valence-corrected chi connectivity index (χ1v) is 6.70. The van der Waals surface area contributed by atoms with Gasteiger partial charge in [-0.3, -0.25) is 0 Å². The molecule has 2 saturated heterocycles. The number of piperazine rings is 1. The smallest absolute Gasteiger partial charge is 0.320 e. The molecule has 0 spiro atoms. The molecule has 0 radical (unpaired) electrons. The van der Waals surface area contributed by atoms with Crippen LogP contribution in [-0.4, -0.2) is 67.0 Å². The minimum atomic E-state index is 0.258. The van der Waals surface area contributed by atoms with E-state index in [1.807, 2.05) is 9.80 Å². The van der Waals surface area contributed by atoms with Crippen LogP contribution < -0.4 is 0 Å². The second-order valence-corrected chi connectivity index (χ2v) is 6.22. The normalized spacial score (nSPS) is 26.1. The molecule has 2 aliphatic heterocycles. The number of carbonyl (C=O) groups is 1. The highest BCUT2D eigenvalue weighted by Crippen LogP contribution is 2.30. The molecule has 0 aromatic heterocycles. The van der Waals surface area contributed by atoms with Gasteiger partial charge in [-0.1, -0.05) is 13.8 Å². The zero-order valence-electron chi connectivity index (χ0n) is 11.4. The Balaban J connectivity index is 1.84. The summed E-state index contributed by atoms with van der Waals surface area (Å²) in [5, 5.41) is 0. The first-order valence-electron chi connectivity index (χ1n) is 6.70. The lowest BCUT2D eigenvalue weighted by Gasteiger charge is -2.41. The van der Waals surface area contributed by atoms with Gasteiger partial charge in [0, 0.05) is 39.3 Å². The van der Waals surface area contributed by atoms with Crippen LogP contribution >= 0.6 is 0 Å². The fraction of sp³-hybridized carbons (Fsp3) is 0.923. The molecule has 0 bridgehead atoms. The van der Waals surface area contributed by atoms with Crippen LogP contribution in [0.1, 0.15) is 26.7 Å². The van der Waals surface area contributed by atoms with E-state index in [9.17, 15) is 4.79 Å². The number of piperidine rings is 1. The highest BCUT2D eigenvalue weighted by Gasteiger charge is 2.30. The number of carbonyl (C=O) groups excluding carboxylic acids is 1. The van der Waals surface area contributed by atoms with Crippen LogP contribution in [0.2, 0.25) is 0 Å². The van der Waals surface area contributed by atoms with E-state index >= 15 is 0 Å². The molecule has 2 rings (SSSR count). The standard InChI is InChI=1S/C13H25N3O/c1-13(2)4-6-15(7-5-13)12(17)16-10-8-14(3)9-11-16/h4-11H2,1-3H3. The van der Waals surface area contributed by atoms with Crippen molar-refractivity contribution < 1.29 is 4.79 Å². The predicted molar refractivity (Wildman–Crippen MR) is 69.1 cm³/mol. The van der Waals surface area contributed by atoms with E-state index in [1.165, 1.54) is 0 Å². The van der Waals surface area contributed by atoms with Crippen molar-refractivity contribution in [3.05, 3.63) is 0 Å². The predicted octanol–water partition coefficient (Wildman–Crippen LogP) is 1.48. The zero-order chi connectivity index (χ0) is 12.5. The summed E-state index contributed by atoms with van der Waals surface area (Å²) in [4.78, 5) is 18.6. The summed E-state index contributed by atoms with van der Waals surface area (Å²) in [5.74, 6) is 0. The highest BCUT2D eigenvalue weighted by molar-refractivity contribution is 5.74. The average molecular weight is 239 g/mol. The lowest BCUT2D eigenvalue weighted by atomic mass is 9.83. The van der Waals surface area contributed by atoms with Gasteiger partial charge < -0.3 is 14.7 Å². The molecule has 0 aromatic rings.